The predicted molar refractivity (Wildman–Crippen MR) is 69.1 cm³/mol. The van der Waals surface area contributed by atoms with Crippen molar-refractivity contribution in [3.05, 3.63) is 28.8 Å². The Balaban J connectivity index is 2.27. The fourth-order valence-corrected chi connectivity index (χ4v) is 2.41. The number of hydrogen-bond donors (Lipinski definition) is 2. The summed E-state index contributed by atoms with van der Waals surface area (Å²) in [6.07, 6.45) is 0. The molecule has 0 aliphatic heterocycles. The minimum Gasteiger partial charge on any atom is -0.508 e. The van der Waals surface area contributed by atoms with Crippen molar-refractivity contribution in [2.45, 2.75) is 20.4 Å². The second-order valence-corrected chi connectivity index (χ2v) is 4.79. The van der Waals surface area contributed by atoms with Gasteiger partial charge < -0.3 is 10.4 Å². The summed E-state index contributed by atoms with van der Waals surface area (Å²) >= 11 is 1.55. The first kappa shape index (κ1) is 12.0. The summed E-state index contributed by atoms with van der Waals surface area (Å²) in [5.41, 5.74) is 1.80. The lowest BCUT2D eigenvalue weighted by Crippen LogP contribution is -2.11. The van der Waals surface area contributed by atoms with E-state index in [9.17, 15) is 5.11 Å². The van der Waals surface area contributed by atoms with Crippen LogP contribution in [0.15, 0.2) is 18.2 Å². The summed E-state index contributed by atoms with van der Waals surface area (Å²) in [6, 6.07) is 5.45. The van der Waals surface area contributed by atoms with Crippen LogP contribution in [0.25, 0.3) is 10.6 Å². The number of aromatic nitrogens is 2. The van der Waals surface area contributed by atoms with E-state index in [0.717, 1.165) is 34.2 Å². The molecule has 1 aromatic carbocycles. The standard InChI is InChI=1S/C12H15N3OS/c1-3-13-7-11-14-15-12(17-11)9-5-4-6-10(16)8(9)2/h4-6,13,16H,3,7H2,1-2H3. The first-order chi connectivity index (χ1) is 8.22. The molecular weight excluding hydrogens is 234 g/mol. The second-order valence-electron chi connectivity index (χ2n) is 3.73. The fraction of sp³-hybridized carbons (Fsp3) is 0.333. The van der Waals surface area contributed by atoms with Crippen LogP contribution < -0.4 is 5.32 Å². The molecule has 0 saturated carbocycles. The molecule has 1 heterocycles. The van der Waals surface area contributed by atoms with E-state index in [1.165, 1.54) is 0 Å². The molecule has 2 rings (SSSR count). The molecule has 0 spiro atoms. The van der Waals surface area contributed by atoms with Gasteiger partial charge in [-0.25, -0.2) is 0 Å². The second kappa shape index (κ2) is 5.25. The zero-order chi connectivity index (χ0) is 12.3. The summed E-state index contributed by atoms with van der Waals surface area (Å²) in [7, 11) is 0. The largest absolute Gasteiger partial charge is 0.508 e. The maximum absolute atomic E-state index is 9.65. The van der Waals surface area contributed by atoms with Gasteiger partial charge in [-0.05, 0) is 19.5 Å². The van der Waals surface area contributed by atoms with Crippen LogP contribution in [-0.4, -0.2) is 21.8 Å². The number of hydrogen-bond acceptors (Lipinski definition) is 5. The van der Waals surface area contributed by atoms with Gasteiger partial charge in [0.25, 0.3) is 0 Å². The van der Waals surface area contributed by atoms with Gasteiger partial charge in [-0.3, -0.25) is 0 Å². The maximum atomic E-state index is 9.65. The first-order valence-corrected chi connectivity index (χ1v) is 6.36. The van der Waals surface area contributed by atoms with Crippen molar-refractivity contribution >= 4 is 11.3 Å². The van der Waals surface area contributed by atoms with E-state index in [4.69, 9.17) is 0 Å². The van der Waals surface area contributed by atoms with Gasteiger partial charge in [-0.15, -0.1) is 10.2 Å². The third-order valence-electron chi connectivity index (χ3n) is 2.53. The number of phenols is 1. The zero-order valence-corrected chi connectivity index (χ0v) is 10.7. The maximum Gasteiger partial charge on any atom is 0.148 e. The summed E-state index contributed by atoms with van der Waals surface area (Å²) in [5.74, 6) is 0.297. The fourth-order valence-electron chi connectivity index (χ4n) is 1.52. The lowest BCUT2D eigenvalue weighted by atomic mass is 10.1. The number of aromatic hydroxyl groups is 1. The van der Waals surface area contributed by atoms with Crippen molar-refractivity contribution in [3.63, 3.8) is 0 Å². The third-order valence-corrected chi connectivity index (χ3v) is 3.49. The van der Waals surface area contributed by atoms with Crippen molar-refractivity contribution in [2.24, 2.45) is 0 Å². The zero-order valence-electron chi connectivity index (χ0n) is 9.90. The number of rotatable bonds is 4. The minimum atomic E-state index is 0.297. The molecule has 17 heavy (non-hydrogen) atoms. The number of phenolic OH excluding ortho intramolecular Hbond substituents is 1. The van der Waals surface area contributed by atoms with Crippen LogP contribution in [0.2, 0.25) is 0 Å². The average molecular weight is 249 g/mol. The van der Waals surface area contributed by atoms with Gasteiger partial charge in [0.1, 0.15) is 15.8 Å². The van der Waals surface area contributed by atoms with Crippen LogP contribution in [0.3, 0.4) is 0 Å². The Hall–Kier alpha value is -1.46. The number of nitrogens with zero attached hydrogens (tertiary/aromatic N) is 2. The van der Waals surface area contributed by atoms with E-state index in [0.29, 0.717) is 5.75 Å². The minimum absolute atomic E-state index is 0.297. The molecule has 0 atom stereocenters. The van der Waals surface area contributed by atoms with Gasteiger partial charge >= 0.3 is 0 Å². The van der Waals surface area contributed by atoms with Crippen molar-refractivity contribution in [1.82, 2.24) is 15.5 Å². The highest BCUT2D eigenvalue weighted by Crippen LogP contribution is 2.30. The Morgan fingerprint density at radius 2 is 2.18 bits per heavy atom. The molecule has 0 aliphatic rings. The molecule has 0 unspecified atom stereocenters. The van der Waals surface area contributed by atoms with Gasteiger partial charge in [0.05, 0.1) is 0 Å². The Bertz CT molecular complexity index is 510. The smallest absolute Gasteiger partial charge is 0.148 e. The SMILES string of the molecule is CCNCc1nnc(-c2cccc(O)c2C)s1. The first-order valence-electron chi connectivity index (χ1n) is 5.54. The van der Waals surface area contributed by atoms with Crippen molar-refractivity contribution < 1.29 is 5.11 Å². The predicted octanol–water partition coefficient (Wildman–Crippen LogP) is 2.33. The van der Waals surface area contributed by atoms with Gasteiger partial charge in [-0.2, -0.15) is 0 Å². The molecule has 0 fully saturated rings. The summed E-state index contributed by atoms with van der Waals surface area (Å²) < 4.78 is 0. The van der Waals surface area contributed by atoms with Crippen LogP contribution in [0.1, 0.15) is 17.5 Å². The lowest BCUT2D eigenvalue weighted by molar-refractivity contribution is 0.471. The normalized spacial score (nSPS) is 10.7. The molecule has 0 radical (unpaired) electrons. The molecule has 0 saturated heterocycles. The Kier molecular flexibility index (Phi) is 3.71. The van der Waals surface area contributed by atoms with E-state index in [1.54, 1.807) is 17.4 Å². The third kappa shape index (κ3) is 2.62. The van der Waals surface area contributed by atoms with E-state index < -0.39 is 0 Å². The van der Waals surface area contributed by atoms with Crippen LogP contribution in [-0.2, 0) is 6.54 Å². The molecule has 1 aromatic heterocycles. The van der Waals surface area contributed by atoms with Gasteiger partial charge in [0.2, 0.25) is 0 Å². The molecule has 2 N–H and O–H groups in total. The van der Waals surface area contributed by atoms with E-state index in [-0.39, 0.29) is 0 Å². The molecule has 90 valence electrons. The van der Waals surface area contributed by atoms with Crippen LogP contribution in [0.4, 0.5) is 0 Å². The van der Waals surface area contributed by atoms with E-state index in [2.05, 4.69) is 22.4 Å². The summed E-state index contributed by atoms with van der Waals surface area (Å²) in [4.78, 5) is 0. The van der Waals surface area contributed by atoms with Gasteiger partial charge in [-0.1, -0.05) is 30.4 Å². The molecule has 5 heteroatoms. The molecular formula is C12H15N3OS. The topological polar surface area (TPSA) is 58.0 Å². The van der Waals surface area contributed by atoms with E-state index in [1.807, 2.05) is 19.1 Å². The molecule has 0 amide bonds. The highest BCUT2D eigenvalue weighted by atomic mass is 32.1. The quantitative estimate of drug-likeness (QED) is 0.873. The Morgan fingerprint density at radius 1 is 1.35 bits per heavy atom. The van der Waals surface area contributed by atoms with Crippen molar-refractivity contribution in [2.75, 3.05) is 6.54 Å². The van der Waals surface area contributed by atoms with Crippen LogP contribution in [0.5, 0.6) is 5.75 Å². The number of benzene rings is 1. The lowest BCUT2D eigenvalue weighted by Gasteiger charge is -2.02. The highest BCUT2D eigenvalue weighted by Gasteiger charge is 2.10. The molecule has 2 aromatic rings. The van der Waals surface area contributed by atoms with Crippen LogP contribution >= 0.6 is 11.3 Å². The Labute approximate surface area is 104 Å². The molecule has 0 aliphatic carbocycles. The number of nitrogens with one attached hydrogen (secondary N) is 1. The van der Waals surface area contributed by atoms with Crippen LogP contribution in [0, 0.1) is 6.92 Å². The summed E-state index contributed by atoms with van der Waals surface area (Å²) in [6.45, 7) is 5.60. The average Bonchev–Trinajstić information content (AvgIpc) is 2.78. The summed E-state index contributed by atoms with van der Waals surface area (Å²) in [5, 5.41) is 23.0. The van der Waals surface area contributed by atoms with Gasteiger partial charge in [0.15, 0.2) is 0 Å². The van der Waals surface area contributed by atoms with E-state index >= 15 is 0 Å². The van der Waals surface area contributed by atoms with Crippen molar-refractivity contribution in [1.29, 1.82) is 0 Å². The molecule has 4 nitrogen and oxygen atoms in total. The molecule has 0 bridgehead atoms. The Morgan fingerprint density at radius 3 is 2.94 bits per heavy atom. The van der Waals surface area contributed by atoms with Crippen molar-refractivity contribution in [3.8, 4) is 16.3 Å². The monoisotopic (exact) mass is 249 g/mol. The van der Waals surface area contributed by atoms with Gasteiger partial charge in [0, 0.05) is 17.7 Å². The highest BCUT2D eigenvalue weighted by molar-refractivity contribution is 7.14.